The molecule has 1 unspecified atom stereocenters. The van der Waals surface area contributed by atoms with E-state index in [2.05, 4.69) is 204 Å². The summed E-state index contributed by atoms with van der Waals surface area (Å²) in [6.45, 7) is 0. The number of hydrogen-bond donors (Lipinski definition) is 1. The number of rotatable bonds is 7. The van der Waals surface area contributed by atoms with Crippen LogP contribution in [-0.2, 0) is 0 Å². The second kappa shape index (κ2) is 13.6. The maximum Gasteiger partial charge on any atom is 0.160 e. The van der Waals surface area contributed by atoms with E-state index in [0.29, 0.717) is 0 Å². The molecule has 258 valence electrons. The van der Waals surface area contributed by atoms with Crippen molar-refractivity contribution < 1.29 is 4.42 Å². The Bertz CT molecular complexity index is 2710. The summed E-state index contributed by atoms with van der Waals surface area (Å²) in [5, 5.41) is 6.10. The van der Waals surface area contributed by atoms with Crippen molar-refractivity contribution in [1.82, 2.24) is 5.32 Å². The van der Waals surface area contributed by atoms with E-state index >= 15 is 0 Å². The van der Waals surface area contributed by atoms with Crippen molar-refractivity contribution in [2.45, 2.75) is 18.9 Å². The Balaban J connectivity index is 1.16. The van der Waals surface area contributed by atoms with Crippen molar-refractivity contribution >= 4 is 50.2 Å². The molecule has 3 heteroatoms. The van der Waals surface area contributed by atoms with Gasteiger partial charge in [-0.25, -0.2) is 0 Å². The fraction of sp³-hybridized carbons (Fsp3) is 0.0588. The summed E-state index contributed by atoms with van der Waals surface area (Å²) in [5.41, 5.74) is 16.0. The van der Waals surface area contributed by atoms with E-state index in [-0.39, 0.29) is 6.04 Å². The SMILES string of the molecule is C1=CC2=C(c3ccccc3)C=C(c3ccc(N(C4=CC=C(c5ccccc5)CC4)c4ccc(-c5ccccc5)cc4)c4oc5ccccc5c34)NC2C=C1. The summed E-state index contributed by atoms with van der Waals surface area (Å²) in [6.07, 6.45) is 17.5. The lowest BCUT2D eigenvalue weighted by atomic mass is 9.87. The Hall–Kier alpha value is -6.84. The lowest BCUT2D eigenvalue weighted by Crippen LogP contribution is -2.31. The Labute approximate surface area is 315 Å². The molecule has 0 saturated carbocycles. The minimum absolute atomic E-state index is 0.0655. The van der Waals surface area contributed by atoms with Crippen molar-refractivity contribution in [2.24, 2.45) is 0 Å². The van der Waals surface area contributed by atoms with Gasteiger partial charge in [0, 0.05) is 33.4 Å². The zero-order valence-electron chi connectivity index (χ0n) is 29.8. The molecule has 1 N–H and O–H groups in total. The number of para-hydroxylation sites is 1. The first kappa shape index (κ1) is 31.9. The topological polar surface area (TPSA) is 28.4 Å². The number of benzene rings is 6. The summed E-state index contributed by atoms with van der Waals surface area (Å²) in [4.78, 5) is 2.41. The molecule has 7 aromatic rings. The number of fused-ring (bicyclic) bond motifs is 4. The van der Waals surface area contributed by atoms with Crippen molar-refractivity contribution in [1.29, 1.82) is 0 Å². The highest BCUT2D eigenvalue weighted by molar-refractivity contribution is 6.15. The summed E-state index contributed by atoms with van der Waals surface area (Å²) >= 11 is 0. The van der Waals surface area contributed by atoms with E-state index < -0.39 is 0 Å². The van der Waals surface area contributed by atoms with Gasteiger partial charge in [0.2, 0.25) is 0 Å². The molecule has 6 aromatic carbocycles. The molecule has 3 nitrogen and oxygen atoms in total. The van der Waals surface area contributed by atoms with E-state index in [1.165, 1.54) is 44.7 Å². The van der Waals surface area contributed by atoms with Gasteiger partial charge in [-0.1, -0.05) is 152 Å². The van der Waals surface area contributed by atoms with Crippen LogP contribution in [0.5, 0.6) is 0 Å². The molecule has 0 radical (unpaired) electrons. The maximum absolute atomic E-state index is 6.93. The third-order valence-electron chi connectivity index (χ3n) is 10.8. The highest BCUT2D eigenvalue weighted by Crippen LogP contribution is 2.46. The molecule has 0 spiro atoms. The van der Waals surface area contributed by atoms with Crippen LogP contribution in [0.3, 0.4) is 0 Å². The Kier molecular flexibility index (Phi) is 8.03. The molecular weight excluding hydrogens is 657 g/mol. The molecule has 0 amide bonds. The molecule has 2 aliphatic carbocycles. The van der Waals surface area contributed by atoms with Gasteiger partial charge in [0.25, 0.3) is 0 Å². The normalized spacial score (nSPS) is 16.4. The zero-order valence-corrected chi connectivity index (χ0v) is 29.8. The number of dihydropyridines is 1. The van der Waals surface area contributed by atoms with Crippen molar-refractivity contribution in [3.05, 3.63) is 222 Å². The second-order valence-electron chi connectivity index (χ2n) is 14.1. The summed E-state index contributed by atoms with van der Waals surface area (Å²) in [7, 11) is 0. The van der Waals surface area contributed by atoms with Gasteiger partial charge in [0.1, 0.15) is 5.58 Å². The third kappa shape index (κ3) is 5.71. The number of furan rings is 1. The van der Waals surface area contributed by atoms with Crippen LogP contribution in [0.25, 0.3) is 49.9 Å². The molecule has 0 bridgehead atoms. The second-order valence-corrected chi connectivity index (χ2v) is 14.1. The first-order valence-electron chi connectivity index (χ1n) is 18.8. The van der Waals surface area contributed by atoms with Crippen molar-refractivity contribution in [3.8, 4) is 11.1 Å². The van der Waals surface area contributed by atoms with E-state index in [9.17, 15) is 0 Å². The van der Waals surface area contributed by atoms with Gasteiger partial charge in [-0.05, 0) is 94.3 Å². The molecule has 1 aromatic heterocycles. The Morgan fingerprint density at radius 2 is 1.28 bits per heavy atom. The largest absolute Gasteiger partial charge is 0.454 e. The number of nitrogens with zero attached hydrogens (tertiary/aromatic N) is 1. The van der Waals surface area contributed by atoms with Crippen LogP contribution in [0.2, 0.25) is 0 Å². The number of anilines is 2. The molecule has 10 rings (SSSR count). The standard InChI is InChI=1S/C51H38N2O/c1-4-14-35(15-5-1)37-24-28-40(29-25-37)53(41-30-26-38(27-31-41)36-16-6-2-7-17-36)48-33-32-43(50-44-21-11-13-23-49(44)54-51(48)50)47-34-45(39-18-8-3-9-19-39)42-20-10-12-22-46(42)52-47/h1-26,28-30,32-34,46,52H,27,31H2. The van der Waals surface area contributed by atoms with Crippen LogP contribution in [0.1, 0.15) is 29.5 Å². The van der Waals surface area contributed by atoms with Crippen molar-refractivity contribution in [2.75, 3.05) is 4.90 Å². The predicted molar refractivity (Wildman–Crippen MR) is 226 cm³/mol. The lowest BCUT2D eigenvalue weighted by molar-refractivity contribution is 0.668. The van der Waals surface area contributed by atoms with Gasteiger partial charge in [-0.3, -0.25) is 0 Å². The quantitative estimate of drug-likeness (QED) is 0.180. The Morgan fingerprint density at radius 3 is 2.02 bits per heavy atom. The van der Waals surface area contributed by atoms with E-state index in [1.807, 2.05) is 0 Å². The summed E-state index contributed by atoms with van der Waals surface area (Å²) in [6, 6.07) is 54.0. The van der Waals surface area contributed by atoms with E-state index in [4.69, 9.17) is 4.42 Å². The monoisotopic (exact) mass is 694 g/mol. The van der Waals surface area contributed by atoms with E-state index in [1.54, 1.807) is 0 Å². The highest BCUT2D eigenvalue weighted by atomic mass is 16.3. The summed E-state index contributed by atoms with van der Waals surface area (Å²) < 4.78 is 6.93. The number of hydrogen-bond acceptors (Lipinski definition) is 3. The van der Waals surface area contributed by atoms with Crippen LogP contribution in [0.15, 0.2) is 210 Å². The van der Waals surface area contributed by atoms with Crippen LogP contribution in [-0.4, -0.2) is 6.04 Å². The minimum Gasteiger partial charge on any atom is -0.454 e. The minimum atomic E-state index is 0.0655. The van der Waals surface area contributed by atoms with Crippen LogP contribution < -0.4 is 10.2 Å². The molecule has 3 aliphatic rings. The molecule has 1 aliphatic heterocycles. The maximum atomic E-state index is 6.93. The molecule has 0 fully saturated rings. The van der Waals surface area contributed by atoms with Crippen molar-refractivity contribution in [3.63, 3.8) is 0 Å². The van der Waals surface area contributed by atoms with Gasteiger partial charge in [-0.15, -0.1) is 0 Å². The number of allylic oxidation sites excluding steroid dienone is 8. The van der Waals surface area contributed by atoms with Crippen LogP contribution >= 0.6 is 0 Å². The fourth-order valence-electron chi connectivity index (χ4n) is 8.20. The van der Waals surface area contributed by atoms with Gasteiger partial charge >= 0.3 is 0 Å². The van der Waals surface area contributed by atoms with Gasteiger partial charge in [0.05, 0.1) is 11.7 Å². The molecule has 54 heavy (non-hydrogen) atoms. The highest BCUT2D eigenvalue weighted by Gasteiger charge is 2.28. The fourth-order valence-corrected chi connectivity index (χ4v) is 8.20. The number of nitrogens with one attached hydrogen (secondary N) is 1. The first-order chi connectivity index (χ1) is 26.8. The van der Waals surface area contributed by atoms with Gasteiger partial charge < -0.3 is 14.6 Å². The average molecular weight is 695 g/mol. The first-order valence-corrected chi connectivity index (χ1v) is 18.8. The smallest absolute Gasteiger partial charge is 0.160 e. The predicted octanol–water partition coefficient (Wildman–Crippen LogP) is 13.0. The van der Waals surface area contributed by atoms with Crippen LogP contribution in [0.4, 0.5) is 11.4 Å². The Morgan fingerprint density at radius 1 is 0.593 bits per heavy atom. The third-order valence-corrected chi connectivity index (χ3v) is 10.8. The molecule has 2 heterocycles. The molecular formula is C51H38N2O. The zero-order chi connectivity index (χ0) is 35.8. The summed E-state index contributed by atoms with van der Waals surface area (Å²) in [5.74, 6) is 0. The molecule has 0 saturated heterocycles. The average Bonchev–Trinajstić information content (AvgIpc) is 3.65. The van der Waals surface area contributed by atoms with Gasteiger partial charge in [-0.2, -0.15) is 0 Å². The van der Waals surface area contributed by atoms with E-state index in [0.717, 1.165) is 57.4 Å². The van der Waals surface area contributed by atoms with Gasteiger partial charge in [0.15, 0.2) is 5.58 Å². The lowest BCUT2D eigenvalue weighted by Gasteiger charge is -2.31. The molecule has 1 atom stereocenters. The van der Waals surface area contributed by atoms with Crippen LogP contribution in [0, 0.1) is 0 Å².